The Balaban J connectivity index is 3.41. The summed E-state index contributed by atoms with van der Waals surface area (Å²) in [6, 6.07) is 0.324. The molecule has 0 saturated heterocycles. The van der Waals surface area contributed by atoms with Gasteiger partial charge in [0.05, 0.1) is 5.02 Å². The minimum absolute atomic E-state index is 0.0839. The molecular weight excluding hydrogens is 253 g/mol. The highest BCUT2D eigenvalue weighted by Crippen LogP contribution is 2.20. The third-order valence-electron chi connectivity index (χ3n) is 2.15. The van der Waals surface area contributed by atoms with Gasteiger partial charge in [-0.1, -0.05) is 37.0 Å². The van der Waals surface area contributed by atoms with Gasteiger partial charge in [0.1, 0.15) is 11.1 Å². The number of rotatable bonds is 3. The third kappa shape index (κ3) is 2.57. The smallest absolute Gasteiger partial charge is 0.327 e. The molecule has 88 valence electrons. The Kier molecular flexibility index (Phi) is 3.99. The molecule has 0 saturated carbocycles. The number of aliphatic carboxylic acids is 1. The van der Waals surface area contributed by atoms with Crippen molar-refractivity contribution in [3.05, 3.63) is 32.7 Å². The molecule has 16 heavy (non-hydrogen) atoms. The van der Waals surface area contributed by atoms with Crippen LogP contribution in [-0.2, 0) is 4.79 Å². The molecule has 1 rings (SSSR count). The van der Waals surface area contributed by atoms with Gasteiger partial charge in [-0.25, -0.2) is 4.79 Å². The van der Waals surface area contributed by atoms with E-state index in [-0.39, 0.29) is 16.0 Å². The van der Waals surface area contributed by atoms with Crippen LogP contribution in [0.3, 0.4) is 0 Å². The molecule has 0 aliphatic carbocycles. The highest BCUT2D eigenvalue weighted by molar-refractivity contribution is 6.34. The number of halogens is 2. The van der Waals surface area contributed by atoms with E-state index in [4.69, 9.17) is 28.3 Å². The zero-order chi connectivity index (χ0) is 12.5. The fourth-order valence-corrected chi connectivity index (χ4v) is 1.95. The summed E-state index contributed by atoms with van der Waals surface area (Å²) in [7, 11) is 0. The lowest BCUT2D eigenvalue weighted by Gasteiger charge is -2.19. The number of hydrogen-bond donors (Lipinski definition) is 1. The van der Waals surface area contributed by atoms with Crippen LogP contribution in [0.25, 0.3) is 0 Å². The summed E-state index contributed by atoms with van der Waals surface area (Å²) >= 11 is 11.4. The van der Waals surface area contributed by atoms with Gasteiger partial charge >= 0.3 is 5.97 Å². The minimum atomic E-state index is -1.09. The van der Waals surface area contributed by atoms with Gasteiger partial charge in [-0.2, -0.15) is 0 Å². The predicted octanol–water partition coefficient (Wildman–Crippen LogP) is 2.44. The largest absolute Gasteiger partial charge is 0.480 e. The molecule has 1 aromatic rings. The van der Waals surface area contributed by atoms with Gasteiger partial charge in [0, 0.05) is 6.20 Å². The van der Waals surface area contributed by atoms with E-state index in [1.54, 1.807) is 13.8 Å². The summed E-state index contributed by atoms with van der Waals surface area (Å²) in [5, 5.41) is 9.21. The van der Waals surface area contributed by atoms with Gasteiger partial charge in [-0.05, 0) is 12.0 Å². The Morgan fingerprint density at radius 1 is 1.44 bits per heavy atom. The molecule has 4 nitrogen and oxygen atoms in total. The van der Waals surface area contributed by atoms with Gasteiger partial charge in [-0.3, -0.25) is 9.36 Å². The number of nitrogens with zero attached hydrogens (tertiary/aromatic N) is 1. The number of carboxylic acid groups (broad SMARTS) is 1. The maximum Gasteiger partial charge on any atom is 0.327 e. The standard InChI is InChI=1S/C10H11Cl2NO3/c1-5(2)8(10(15)16)13-4-6(11)3-7(12)9(13)14/h3-5,8H,1-2H3,(H,15,16). The minimum Gasteiger partial charge on any atom is -0.480 e. The first-order valence-corrected chi connectivity index (χ1v) is 5.40. The Morgan fingerprint density at radius 2 is 2.00 bits per heavy atom. The van der Waals surface area contributed by atoms with Crippen molar-refractivity contribution >= 4 is 29.2 Å². The van der Waals surface area contributed by atoms with Crippen LogP contribution in [0.15, 0.2) is 17.1 Å². The second-order valence-corrected chi connectivity index (χ2v) is 4.59. The molecule has 1 aromatic heterocycles. The third-order valence-corrected chi connectivity index (χ3v) is 2.63. The molecule has 0 bridgehead atoms. The monoisotopic (exact) mass is 263 g/mol. The molecule has 1 unspecified atom stereocenters. The molecule has 0 radical (unpaired) electrons. The molecule has 1 heterocycles. The van der Waals surface area contributed by atoms with Crippen LogP contribution >= 0.6 is 23.2 Å². The van der Waals surface area contributed by atoms with Gasteiger partial charge in [0.15, 0.2) is 0 Å². The van der Waals surface area contributed by atoms with E-state index in [0.717, 1.165) is 4.57 Å². The van der Waals surface area contributed by atoms with Crippen LogP contribution in [0.1, 0.15) is 19.9 Å². The maximum absolute atomic E-state index is 11.7. The van der Waals surface area contributed by atoms with E-state index >= 15 is 0 Å². The van der Waals surface area contributed by atoms with E-state index in [1.807, 2.05) is 0 Å². The van der Waals surface area contributed by atoms with Gasteiger partial charge in [0.25, 0.3) is 5.56 Å². The summed E-state index contributed by atoms with van der Waals surface area (Å²) in [5.41, 5.74) is -0.549. The van der Waals surface area contributed by atoms with Crippen molar-refractivity contribution in [1.82, 2.24) is 4.57 Å². The Hall–Kier alpha value is -1.00. The van der Waals surface area contributed by atoms with Crippen molar-refractivity contribution in [1.29, 1.82) is 0 Å². The quantitative estimate of drug-likeness (QED) is 0.912. The molecule has 0 aliphatic heterocycles. The topological polar surface area (TPSA) is 59.3 Å². The van der Waals surface area contributed by atoms with Crippen molar-refractivity contribution in [3.63, 3.8) is 0 Å². The van der Waals surface area contributed by atoms with Crippen LogP contribution in [0.5, 0.6) is 0 Å². The van der Waals surface area contributed by atoms with E-state index in [0.29, 0.717) is 0 Å². The van der Waals surface area contributed by atoms with E-state index in [1.165, 1.54) is 12.3 Å². The Morgan fingerprint density at radius 3 is 2.44 bits per heavy atom. The second kappa shape index (κ2) is 4.89. The van der Waals surface area contributed by atoms with Gasteiger partial charge < -0.3 is 5.11 Å². The summed E-state index contributed by atoms with van der Waals surface area (Å²) < 4.78 is 1.05. The number of hydrogen-bond acceptors (Lipinski definition) is 2. The molecule has 1 atom stereocenters. The van der Waals surface area contributed by atoms with E-state index in [9.17, 15) is 9.59 Å². The van der Waals surface area contributed by atoms with Crippen molar-refractivity contribution in [3.8, 4) is 0 Å². The Labute approximate surface area is 102 Å². The maximum atomic E-state index is 11.7. The number of carbonyl (C=O) groups is 1. The van der Waals surface area contributed by atoms with E-state index in [2.05, 4.69) is 0 Å². The highest BCUT2D eigenvalue weighted by Gasteiger charge is 2.25. The molecule has 6 heteroatoms. The first kappa shape index (κ1) is 13.1. The Bertz CT molecular complexity index is 468. The lowest BCUT2D eigenvalue weighted by atomic mass is 10.0. The van der Waals surface area contributed by atoms with Crippen molar-refractivity contribution in [2.45, 2.75) is 19.9 Å². The fraction of sp³-hybridized carbons (Fsp3) is 0.400. The number of carboxylic acids is 1. The van der Waals surface area contributed by atoms with Crippen LogP contribution in [0.2, 0.25) is 10.0 Å². The zero-order valence-electron chi connectivity index (χ0n) is 8.78. The summed E-state index contributed by atoms with van der Waals surface area (Å²) in [5.74, 6) is -1.33. The first-order valence-electron chi connectivity index (χ1n) is 4.64. The van der Waals surface area contributed by atoms with E-state index < -0.39 is 17.6 Å². The van der Waals surface area contributed by atoms with Crippen LogP contribution in [0, 0.1) is 5.92 Å². The molecule has 0 spiro atoms. The van der Waals surface area contributed by atoms with Crippen LogP contribution in [0.4, 0.5) is 0 Å². The van der Waals surface area contributed by atoms with Crippen LogP contribution in [-0.4, -0.2) is 15.6 Å². The molecule has 0 fully saturated rings. The average Bonchev–Trinajstić information content (AvgIpc) is 2.12. The fourth-order valence-electron chi connectivity index (χ4n) is 1.47. The first-order chi connectivity index (χ1) is 7.34. The van der Waals surface area contributed by atoms with Crippen LogP contribution < -0.4 is 5.56 Å². The van der Waals surface area contributed by atoms with Gasteiger partial charge in [-0.15, -0.1) is 0 Å². The van der Waals surface area contributed by atoms with Crippen molar-refractivity contribution in [2.24, 2.45) is 5.92 Å². The summed E-state index contributed by atoms with van der Waals surface area (Å²) in [6.45, 7) is 3.42. The van der Waals surface area contributed by atoms with Gasteiger partial charge in [0.2, 0.25) is 0 Å². The van der Waals surface area contributed by atoms with Crippen molar-refractivity contribution in [2.75, 3.05) is 0 Å². The normalized spacial score (nSPS) is 12.8. The lowest BCUT2D eigenvalue weighted by molar-refractivity contribution is -0.142. The van der Waals surface area contributed by atoms with Crippen molar-refractivity contribution < 1.29 is 9.90 Å². The summed E-state index contributed by atoms with van der Waals surface area (Å²) in [4.78, 5) is 22.8. The molecule has 1 N–H and O–H groups in total. The number of pyridine rings is 1. The molecule has 0 aliphatic rings. The lowest BCUT2D eigenvalue weighted by Crippen LogP contribution is -2.33. The molecule has 0 aromatic carbocycles. The summed E-state index contributed by atoms with van der Waals surface area (Å²) in [6.07, 6.45) is 1.29. The highest BCUT2D eigenvalue weighted by atomic mass is 35.5. The zero-order valence-corrected chi connectivity index (χ0v) is 10.3. The SMILES string of the molecule is CC(C)C(C(=O)O)n1cc(Cl)cc(Cl)c1=O. The predicted molar refractivity (Wildman–Crippen MR) is 62.2 cm³/mol. The second-order valence-electron chi connectivity index (χ2n) is 3.75. The average molecular weight is 264 g/mol. The molecule has 0 amide bonds. The number of aromatic nitrogens is 1. The molecular formula is C10H11Cl2NO3.